The van der Waals surface area contributed by atoms with Gasteiger partial charge >= 0.3 is 0 Å². The molecule has 0 radical (unpaired) electrons. The Kier molecular flexibility index (Phi) is 3.65. The zero-order valence-electron chi connectivity index (χ0n) is 13.2. The fourth-order valence-corrected chi connectivity index (χ4v) is 5.21. The molecule has 2 N–H and O–H groups in total. The fourth-order valence-electron chi connectivity index (χ4n) is 4.39. The number of nitrogens with two attached hydrogens (primary N) is 1. The summed E-state index contributed by atoms with van der Waals surface area (Å²) < 4.78 is 30.5. The Hall–Kier alpha value is -0.210. The van der Waals surface area contributed by atoms with Crippen molar-refractivity contribution in [3.8, 4) is 0 Å². The summed E-state index contributed by atoms with van der Waals surface area (Å²) in [6.07, 6.45) is 2.62. The van der Waals surface area contributed by atoms with Crippen LogP contribution >= 0.6 is 0 Å². The number of rotatable bonds is 3. The minimum atomic E-state index is -3.07. The van der Waals surface area contributed by atoms with Crippen molar-refractivity contribution < 1.29 is 13.2 Å². The molecule has 21 heavy (non-hydrogen) atoms. The van der Waals surface area contributed by atoms with E-state index in [4.69, 9.17) is 10.5 Å². The highest BCUT2D eigenvalue weighted by atomic mass is 32.2. The Morgan fingerprint density at radius 1 is 1.24 bits per heavy atom. The average Bonchev–Trinajstić information content (AvgIpc) is 2.86. The van der Waals surface area contributed by atoms with Crippen LogP contribution < -0.4 is 5.73 Å². The van der Waals surface area contributed by atoms with E-state index in [1.165, 1.54) is 6.26 Å². The van der Waals surface area contributed by atoms with Gasteiger partial charge in [-0.2, -0.15) is 4.31 Å². The Morgan fingerprint density at radius 3 is 2.43 bits per heavy atom. The summed E-state index contributed by atoms with van der Waals surface area (Å²) in [6, 6.07) is 0. The minimum absolute atomic E-state index is 0.0118. The molecule has 0 spiro atoms. The number of sulfonamides is 1. The van der Waals surface area contributed by atoms with Gasteiger partial charge in [0, 0.05) is 56.2 Å². The molecule has 3 rings (SSSR count). The molecule has 2 aliphatic heterocycles. The molecule has 3 unspecified atom stereocenters. The van der Waals surface area contributed by atoms with Gasteiger partial charge in [0.2, 0.25) is 10.0 Å². The molecule has 3 aliphatic rings. The van der Waals surface area contributed by atoms with Crippen LogP contribution in [0.1, 0.15) is 20.3 Å². The van der Waals surface area contributed by atoms with E-state index in [1.54, 1.807) is 4.31 Å². The van der Waals surface area contributed by atoms with Gasteiger partial charge in [-0.15, -0.1) is 0 Å². The number of piperazine rings is 1. The Morgan fingerprint density at radius 2 is 1.86 bits per heavy atom. The van der Waals surface area contributed by atoms with E-state index in [2.05, 4.69) is 18.7 Å². The lowest BCUT2D eigenvalue weighted by atomic mass is 9.48. The van der Waals surface area contributed by atoms with Crippen molar-refractivity contribution >= 4 is 10.0 Å². The van der Waals surface area contributed by atoms with Crippen LogP contribution in [0.5, 0.6) is 0 Å². The number of fused-ring (bicyclic) bond motifs is 1. The Balaban J connectivity index is 1.63. The van der Waals surface area contributed by atoms with E-state index in [1.807, 2.05) is 0 Å². The van der Waals surface area contributed by atoms with Crippen LogP contribution in [0, 0.1) is 11.3 Å². The molecular formula is C14H27N3O3S. The van der Waals surface area contributed by atoms with E-state index < -0.39 is 10.0 Å². The van der Waals surface area contributed by atoms with Gasteiger partial charge in [-0.05, 0) is 6.42 Å². The quantitative estimate of drug-likeness (QED) is 0.774. The molecule has 1 aliphatic carbocycles. The standard InChI is InChI=1S/C14H27N3O3S/c1-13(2)12-11(4-9-20-12)14(13,15)10-16-5-7-17(8-6-16)21(3,18)19/h11-12H,4-10,15H2,1-3H3. The van der Waals surface area contributed by atoms with Gasteiger partial charge in [-0.1, -0.05) is 13.8 Å². The van der Waals surface area contributed by atoms with Crippen molar-refractivity contribution in [2.24, 2.45) is 17.1 Å². The molecular weight excluding hydrogens is 290 g/mol. The van der Waals surface area contributed by atoms with Crippen molar-refractivity contribution in [3.63, 3.8) is 0 Å². The summed E-state index contributed by atoms with van der Waals surface area (Å²) in [4.78, 5) is 2.32. The van der Waals surface area contributed by atoms with Gasteiger partial charge in [0.15, 0.2) is 0 Å². The van der Waals surface area contributed by atoms with Crippen LogP contribution in [0.4, 0.5) is 0 Å². The maximum atomic E-state index is 11.6. The molecule has 122 valence electrons. The molecule has 7 heteroatoms. The molecule has 2 saturated heterocycles. The zero-order chi connectivity index (χ0) is 15.5. The molecule has 6 nitrogen and oxygen atoms in total. The lowest BCUT2D eigenvalue weighted by molar-refractivity contribution is -0.164. The van der Waals surface area contributed by atoms with Crippen LogP contribution in [-0.4, -0.2) is 74.9 Å². The van der Waals surface area contributed by atoms with Gasteiger partial charge in [0.25, 0.3) is 0 Å². The summed E-state index contributed by atoms with van der Waals surface area (Å²) in [5.74, 6) is 0.445. The molecule has 0 aromatic rings. The van der Waals surface area contributed by atoms with E-state index in [0.717, 1.165) is 32.7 Å². The third-order valence-corrected chi connectivity index (χ3v) is 7.25. The van der Waals surface area contributed by atoms with Crippen molar-refractivity contribution in [3.05, 3.63) is 0 Å². The van der Waals surface area contributed by atoms with Crippen molar-refractivity contribution in [1.82, 2.24) is 9.21 Å². The fraction of sp³-hybridized carbons (Fsp3) is 1.00. The minimum Gasteiger partial charge on any atom is -0.377 e. The van der Waals surface area contributed by atoms with Crippen molar-refractivity contribution in [1.29, 1.82) is 0 Å². The van der Waals surface area contributed by atoms with Crippen LogP contribution in [0.25, 0.3) is 0 Å². The van der Waals surface area contributed by atoms with Crippen LogP contribution in [0.3, 0.4) is 0 Å². The van der Waals surface area contributed by atoms with Crippen LogP contribution in [-0.2, 0) is 14.8 Å². The Bertz CT molecular complexity index is 514. The maximum absolute atomic E-state index is 11.6. The van der Waals surface area contributed by atoms with Gasteiger partial charge in [0.1, 0.15) is 0 Å². The van der Waals surface area contributed by atoms with Crippen molar-refractivity contribution in [2.75, 3.05) is 45.6 Å². The second-order valence-corrected chi connectivity index (χ2v) is 9.37. The number of hydrogen-bond donors (Lipinski definition) is 1. The van der Waals surface area contributed by atoms with Crippen molar-refractivity contribution in [2.45, 2.75) is 31.9 Å². The molecule has 2 heterocycles. The highest BCUT2D eigenvalue weighted by Gasteiger charge is 2.67. The van der Waals surface area contributed by atoms with E-state index in [-0.39, 0.29) is 11.0 Å². The summed E-state index contributed by atoms with van der Waals surface area (Å²) in [5.41, 5.74) is 6.53. The smallest absolute Gasteiger partial charge is 0.211 e. The molecule has 0 aromatic carbocycles. The monoisotopic (exact) mass is 317 g/mol. The predicted molar refractivity (Wildman–Crippen MR) is 81.4 cm³/mol. The SMILES string of the molecule is CC1(C)C2OCCC2C1(N)CN1CCN(S(C)(=O)=O)CC1. The lowest BCUT2D eigenvalue weighted by Crippen LogP contribution is -2.78. The maximum Gasteiger partial charge on any atom is 0.211 e. The lowest BCUT2D eigenvalue weighted by Gasteiger charge is -2.63. The van der Waals surface area contributed by atoms with Gasteiger partial charge in [-0.25, -0.2) is 8.42 Å². The molecule has 3 fully saturated rings. The highest BCUT2D eigenvalue weighted by molar-refractivity contribution is 7.88. The molecule has 0 bridgehead atoms. The third-order valence-electron chi connectivity index (χ3n) is 5.95. The summed E-state index contributed by atoms with van der Waals surface area (Å²) >= 11 is 0. The first kappa shape index (κ1) is 15.7. The summed E-state index contributed by atoms with van der Waals surface area (Å²) in [5, 5.41) is 0. The zero-order valence-corrected chi connectivity index (χ0v) is 14.0. The largest absolute Gasteiger partial charge is 0.377 e. The second kappa shape index (κ2) is 4.89. The first-order chi connectivity index (χ1) is 9.66. The molecule has 0 aromatic heterocycles. The number of ether oxygens (including phenoxy) is 1. The topological polar surface area (TPSA) is 75.9 Å². The second-order valence-electron chi connectivity index (χ2n) is 7.39. The number of nitrogens with zero attached hydrogens (tertiary/aromatic N) is 2. The molecule has 3 atom stereocenters. The van der Waals surface area contributed by atoms with E-state index in [0.29, 0.717) is 25.1 Å². The summed E-state index contributed by atoms with van der Waals surface area (Å²) in [6.45, 7) is 8.72. The highest BCUT2D eigenvalue weighted by Crippen LogP contribution is 2.58. The summed E-state index contributed by atoms with van der Waals surface area (Å²) in [7, 11) is -3.07. The average molecular weight is 317 g/mol. The third kappa shape index (κ3) is 2.34. The predicted octanol–water partition coefficient (Wildman–Crippen LogP) is -0.294. The first-order valence-corrected chi connectivity index (χ1v) is 9.59. The van der Waals surface area contributed by atoms with Crippen LogP contribution in [0.15, 0.2) is 0 Å². The molecule has 1 saturated carbocycles. The Labute approximate surface area is 127 Å². The van der Waals surface area contributed by atoms with E-state index >= 15 is 0 Å². The van der Waals surface area contributed by atoms with Gasteiger partial charge in [0.05, 0.1) is 12.4 Å². The van der Waals surface area contributed by atoms with E-state index in [9.17, 15) is 8.42 Å². The normalized spacial score (nSPS) is 40.8. The number of hydrogen-bond acceptors (Lipinski definition) is 5. The first-order valence-electron chi connectivity index (χ1n) is 7.74. The van der Waals surface area contributed by atoms with Gasteiger partial charge < -0.3 is 10.5 Å². The molecule has 0 amide bonds. The van der Waals surface area contributed by atoms with Crippen LogP contribution in [0.2, 0.25) is 0 Å². The van der Waals surface area contributed by atoms with Gasteiger partial charge in [-0.3, -0.25) is 4.90 Å².